The number of rotatable bonds is 2. The minimum Gasteiger partial charge on any atom is -0.436 e. The first-order valence-corrected chi connectivity index (χ1v) is 9.92. The molecule has 1 saturated heterocycles. The van der Waals surface area contributed by atoms with E-state index in [0.717, 1.165) is 25.9 Å². The van der Waals surface area contributed by atoms with Gasteiger partial charge in [-0.1, -0.05) is 23.2 Å². The molecule has 0 atom stereocenters. The lowest BCUT2D eigenvalue weighted by Gasteiger charge is -2.26. The van der Waals surface area contributed by atoms with Crippen LogP contribution in [0.2, 0.25) is 10.0 Å². The molecule has 26 heavy (non-hydrogen) atoms. The highest BCUT2D eigenvalue weighted by molar-refractivity contribution is 9.10. The fraction of sp³-hybridized carbons (Fsp3) is 0.263. The molecule has 1 amide bonds. The molecule has 1 aromatic heterocycles. The van der Waals surface area contributed by atoms with Crippen molar-refractivity contribution in [2.45, 2.75) is 19.3 Å². The Labute approximate surface area is 169 Å². The number of fused-ring (bicyclic) bond motifs is 1. The van der Waals surface area contributed by atoms with E-state index in [4.69, 9.17) is 27.6 Å². The molecule has 134 valence electrons. The number of halogens is 3. The number of carbonyl (C=O) groups excluding carboxylic acids is 1. The Morgan fingerprint density at radius 3 is 2.65 bits per heavy atom. The molecule has 1 fully saturated rings. The standard InChI is InChI=1S/C19H15BrCl2N2O2/c20-17-13(9-12(21)10-14(17)22)18-23-15-8-11(4-5-16(15)26-18)19(25)24-6-2-1-3-7-24/h4-5,8-10H,1-3,6-7H2. The summed E-state index contributed by atoms with van der Waals surface area (Å²) in [4.78, 5) is 19.1. The van der Waals surface area contributed by atoms with E-state index in [2.05, 4.69) is 20.9 Å². The number of nitrogens with zero attached hydrogens (tertiary/aromatic N) is 2. The molecule has 0 bridgehead atoms. The zero-order valence-electron chi connectivity index (χ0n) is 13.8. The van der Waals surface area contributed by atoms with Crippen molar-refractivity contribution in [2.75, 3.05) is 13.1 Å². The Morgan fingerprint density at radius 1 is 1.12 bits per heavy atom. The van der Waals surface area contributed by atoms with Crippen molar-refractivity contribution in [3.8, 4) is 11.5 Å². The number of likely N-dealkylation sites (tertiary alicyclic amines) is 1. The number of piperidine rings is 1. The van der Waals surface area contributed by atoms with Gasteiger partial charge in [0.2, 0.25) is 5.89 Å². The summed E-state index contributed by atoms with van der Waals surface area (Å²) in [6.07, 6.45) is 3.31. The molecule has 0 unspecified atom stereocenters. The van der Waals surface area contributed by atoms with Crippen LogP contribution in [0.5, 0.6) is 0 Å². The number of aromatic nitrogens is 1. The maximum Gasteiger partial charge on any atom is 0.253 e. The summed E-state index contributed by atoms with van der Waals surface area (Å²) in [6.45, 7) is 1.63. The van der Waals surface area contributed by atoms with E-state index in [0.29, 0.717) is 42.6 Å². The molecule has 0 saturated carbocycles. The lowest BCUT2D eigenvalue weighted by atomic mass is 10.1. The van der Waals surface area contributed by atoms with E-state index < -0.39 is 0 Å². The summed E-state index contributed by atoms with van der Waals surface area (Å²) in [6, 6.07) is 8.73. The molecule has 2 heterocycles. The maximum absolute atomic E-state index is 12.7. The Bertz CT molecular complexity index is 997. The summed E-state index contributed by atoms with van der Waals surface area (Å²) in [7, 11) is 0. The average molecular weight is 454 g/mol. The molecule has 4 rings (SSSR count). The van der Waals surface area contributed by atoms with Crippen molar-refractivity contribution < 1.29 is 9.21 Å². The molecular formula is C19H15BrCl2N2O2. The van der Waals surface area contributed by atoms with Crippen molar-refractivity contribution in [1.29, 1.82) is 0 Å². The van der Waals surface area contributed by atoms with Gasteiger partial charge in [0.25, 0.3) is 5.91 Å². The van der Waals surface area contributed by atoms with Crippen LogP contribution >= 0.6 is 39.1 Å². The van der Waals surface area contributed by atoms with Gasteiger partial charge in [-0.3, -0.25) is 4.79 Å². The lowest BCUT2D eigenvalue weighted by Crippen LogP contribution is -2.35. The molecular weight excluding hydrogens is 439 g/mol. The van der Waals surface area contributed by atoms with E-state index in [9.17, 15) is 4.79 Å². The second kappa shape index (κ2) is 7.22. The summed E-state index contributed by atoms with van der Waals surface area (Å²) in [5.41, 5.74) is 2.54. The first kappa shape index (κ1) is 17.8. The van der Waals surface area contributed by atoms with Crippen LogP contribution in [-0.4, -0.2) is 28.9 Å². The predicted octanol–water partition coefficient (Wildman–Crippen LogP) is 6.19. The minimum atomic E-state index is 0.0446. The average Bonchev–Trinajstić information content (AvgIpc) is 3.07. The largest absolute Gasteiger partial charge is 0.436 e. The number of oxazole rings is 1. The van der Waals surface area contributed by atoms with Crippen molar-refractivity contribution >= 4 is 56.1 Å². The second-order valence-corrected chi connectivity index (χ2v) is 7.94. The quantitative estimate of drug-likeness (QED) is 0.434. The van der Waals surface area contributed by atoms with E-state index in [-0.39, 0.29) is 5.91 Å². The minimum absolute atomic E-state index is 0.0446. The van der Waals surface area contributed by atoms with Crippen LogP contribution in [0.1, 0.15) is 29.6 Å². The predicted molar refractivity (Wildman–Crippen MR) is 107 cm³/mol. The van der Waals surface area contributed by atoms with Crippen molar-refractivity contribution in [3.05, 3.63) is 50.4 Å². The van der Waals surface area contributed by atoms with E-state index >= 15 is 0 Å². The Morgan fingerprint density at radius 2 is 1.88 bits per heavy atom. The second-order valence-electron chi connectivity index (χ2n) is 6.30. The molecule has 4 nitrogen and oxygen atoms in total. The zero-order chi connectivity index (χ0) is 18.3. The summed E-state index contributed by atoms with van der Waals surface area (Å²) in [5, 5.41) is 0.979. The first-order valence-electron chi connectivity index (χ1n) is 8.38. The Kier molecular flexibility index (Phi) is 4.95. The van der Waals surface area contributed by atoms with Crippen molar-refractivity contribution in [1.82, 2.24) is 9.88 Å². The monoisotopic (exact) mass is 452 g/mol. The maximum atomic E-state index is 12.7. The highest BCUT2D eigenvalue weighted by Crippen LogP contribution is 2.37. The third kappa shape index (κ3) is 3.36. The van der Waals surface area contributed by atoms with E-state index in [1.54, 1.807) is 30.3 Å². The number of hydrogen-bond donors (Lipinski definition) is 0. The van der Waals surface area contributed by atoms with E-state index in [1.165, 1.54) is 6.42 Å². The summed E-state index contributed by atoms with van der Waals surface area (Å²) >= 11 is 15.7. The third-order valence-corrected chi connectivity index (χ3v) is 6.10. The van der Waals surface area contributed by atoms with Crippen LogP contribution in [0.15, 0.2) is 39.2 Å². The topological polar surface area (TPSA) is 46.3 Å². The molecule has 7 heteroatoms. The SMILES string of the molecule is O=C(c1ccc2oc(-c3cc(Cl)cc(Cl)c3Br)nc2c1)N1CCCCC1. The van der Waals surface area contributed by atoms with Gasteiger partial charge in [0.15, 0.2) is 5.58 Å². The van der Waals surface area contributed by atoms with E-state index in [1.807, 2.05) is 4.90 Å². The van der Waals surface area contributed by atoms with Crippen LogP contribution in [0, 0.1) is 0 Å². The fourth-order valence-electron chi connectivity index (χ4n) is 3.17. The fourth-order valence-corrected chi connectivity index (χ4v) is 4.06. The molecule has 0 N–H and O–H groups in total. The van der Waals surface area contributed by atoms with Crippen molar-refractivity contribution in [3.63, 3.8) is 0 Å². The van der Waals surface area contributed by atoms with Crippen LogP contribution in [0.4, 0.5) is 0 Å². The van der Waals surface area contributed by atoms with Crippen LogP contribution in [0.25, 0.3) is 22.6 Å². The molecule has 0 aliphatic carbocycles. The summed E-state index contributed by atoms with van der Waals surface area (Å²) < 4.78 is 6.51. The number of carbonyl (C=O) groups is 1. The number of hydrogen-bond acceptors (Lipinski definition) is 3. The first-order chi connectivity index (χ1) is 12.5. The van der Waals surface area contributed by atoms with Crippen molar-refractivity contribution in [2.24, 2.45) is 0 Å². The molecule has 1 aliphatic rings. The lowest BCUT2D eigenvalue weighted by molar-refractivity contribution is 0.0724. The van der Waals surface area contributed by atoms with Gasteiger partial charge in [0, 0.05) is 28.1 Å². The van der Waals surface area contributed by atoms with Crippen LogP contribution in [-0.2, 0) is 0 Å². The highest BCUT2D eigenvalue weighted by atomic mass is 79.9. The third-order valence-electron chi connectivity index (χ3n) is 4.50. The van der Waals surface area contributed by atoms with Gasteiger partial charge >= 0.3 is 0 Å². The molecule has 1 aliphatic heterocycles. The number of amides is 1. The smallest absolute Gasteiger partial charge is 0.253 e. The van der Waals surface area contributed by atoms with Gasteiger partial charge in [-0.2, -0.15) is 0 Å². The molecule has 2 aromatic carbocycles. The highest BCUT2D eigenvalue weighted by Gasteiger charge is 2.20. The normalized spacial score (nSPS) is 14.8. The van der Waals surface area contributed by atoms with Gasteiger partial charge in [-0.15, -0.1) is 0 Å². The van der Waals surface area contributed by atoms with Gasteiger partial charge in [0.1, 0.15) is 5.52 Å². The Balaban J connectivity index is 1.71. The summed E-state index contributed by atoms with van der Waals surface area (Å²) in [5.74, 6) is 0.446. The molecule has 3 aromatic rings. The van der Waals surface area contributed by atoms with Gasteiger partial charge in [-0.25, -0.2) is 4.98 Å². The Hall–Kier alpha value is -1.56. The van der Waals surface area contributed by atoms with Gasteiger partial charge in [0.05, 0.1) is 10.6 Å². The van der Waals surface area contributed by atoms with Gasteiger partial charge < -0.3 is 9.32 Å². The van der Waals surface area contributed by atoms with Crippen LogP contribution in [0.3, 0.4) is 0 Å². The van der Waals surface area contributed by atoms with Crippen LogP contribution < -0.4 is 0 Å². The van der Waals surface area contributed by atoms with Gasteiger partial charge in [-0.05, 0) is 65.5 Å². The number of benzene rings is 2. The molecule has 0 radical (unpaired) electrons. The molecule has 0 spiro atoms. The zero-order valence-corrected chi connectivity index (χ0v) is 16.9.